The highest BCUT2D eigenvalue weighted by Crippen LogP contribution is 2.30. The molecule has 1 fully saturated rings. The molecule has 0 spiro atoms. The van der Waals surface area contributed by atoms with Crippen LogP contribution in [-0.4, -0.2) is 33.6 Å². The van der Waals surface area contributed by atoms with E-state index in [0.717, 1.165) is 12.2 Å². The zero-order valence-corrected chi connectivity index (χ0v) is 12.1. The summed E-state index contributed by atoms with van der Waals surface area (Å²) in [7, 11) is 3.71. The largest absolute Gasteiger partial charge is 0.339 e. The van der Waals surface area contributed by atoms with Crippen molar-refractivity contribution in [2.24, 2.45) is 13.0 Å². The van der Waals surface area contributed by atoms with Gasteiger partial charge in [0, 0.05) is 18.8 Å². The molecule has 0 bridgehead atoms. The maximum absolute atomic E-state index is 11.2. The number of aromatic nitrogens is 3. The molecule has 1 heterocycles. The molecule has 2 unspecified atom stereocenters. The van der Waals surface area contributed by atoms with E-state index >= 15 is 0 Å². The van der Waals surface area contributed by atoms with Crippen LogP contribution in [0.4, 0.5) is 0 Å². The number of aryl methyl sites for hydroxylation is 1. The van der Waals surface area contributed by atoms with Crippen LogP contribution in [0.15, 0.2) is 14.7 Å². The monoisotopic (exact) mass is 284 g/mol. The van der Waals surface area contributed by atoms with E-state index in [1.807, 2.05) is 7.05 Å². The minimum Gasteiger partial charge on any atom is -0.317 e. The number of rotatable bonds is 5. The molecule has 0 amide bonds. The Kier molecular flexibility index (Phi) is 4.81. The second-order valence-electron chi connectivity index (χ2n) is 4.92. The first-order valence-corrected chi connectivity index (χ1v) is 7.58. The highest BCUT2D eigenvalue weighted by atomic mass is 32.2. The Labute approximate surface area is 116 Å². The van der Waals surface area contributed by atoms with Crippen LogP contribution in [-0.2, 0) is 7.05 Å². The van der Waals surface area contributed by atoms with Crippen LogP contribution in [0, 0.1) is 5.92 Å². The van der Waals surface area contributed by atoms with Gasteiger partial charge in [-0.3, -0.25) is 19.4 Å². The molecule has 6 nitrogen and oxygen atoms in total. The van der Waals surface area contributed by atoms with E-state index < -0.39 is 11.1 Å². The van der Waals surface area contributed by atoms with Gasteiger partial charge in [-0.05, 0) is 32.2 Å². The third-order valence-electron chi connectivity index (χ3n) is 3.70. The van der Waals surface area contributed by atoms with Crippen molar-refractivity contribution in [2.45, 2.75) is 36.9 Å². The zero-order valence-electron chi connectivity index (χ0n) is 11.3. The van der Waals surface area contributed by atoms with Crippen LogP contribution in [0.5, 0.6) is 0 Å². The Morgan fingerprint density at radius 2 is 2.26 bits per heavy atom. The van der Waals surface area contributed by atoms with Crippen molar-refractivity contribution in [3.05, 3.63) is 20.7 Å². The zero-order chi connectivity index (χ0) is 13.8. The molecule has 1 aliphatic carbocycles. The molecule has 1 aromatic rings. The average Bonchev–Trinajstić information content (AvgIpc) is 2.83. The lowest BCUT2D eigenvalue weighted by atomic mass is 10.0. The van der Waals surface area contributed by atoms with Gasteiger partial charge >= 0.3 is 11.1 Å². The minimum atomic E-state index is -0.713. The molecule has 0 aliphatic heterocycles. The molecule has 1 saturated carbocycles. The summed E-state index contributed by atoms with van der Waals surface area (Å²) in [5.41, 5.74) is -1.38. The standard InChI is InChI=1S/C12H20N4O2S/c1-13-9-5-3-4-8(9)6-7-19-12-14-10(17)11(18)15-16(12)2/h8-9,13H,3-7H2,1-2H3,(H,15,18). The maximum atomic E-state index is 11.2. The third-order valence-corrected chi connectivity index (χ3v) is 4.76. The first kappa shape index (κ1) is 14.3. The van der Waals surface area contributed by atoms with E-state index in [4.69, 9.17) is 0 Å². The van der Waals surface area contributed by atoms with Crippen molar-refractivity contribution in [3.8, 4) is 0 Å². The van der Waals surface area contributed by atoms with E-state index in [0.29, 0.717) is 17.1 Å². The Bertz CT molecular complexity index is 539. The molecule has 7 heteroatoms. The number of hydrogen-bond donors (Lipinski definition) is 2. The van der Waals surface area contributed by atoms with Crippen molar-refractivity contribution < 1.29 is 0 Å². The third kappa shape index (κ3) is 3.48. The minimum absolute atomic E-state index is 0.573. The molecular formula is C12H20N4O2S. The summed E-state index contributed by atoms with van der Waals surface area (Å²) >= 11 is 1.52. The predicted octanol–water partition coefficient (Wildman–Crippen LogP) is 0.339. The highest BCUT2D eigenvalue weighted by molar-refractivity contribution is 7.99. The van der Waals surface area contributed by atoms with Gasteiger partial charge in [0.05, 0.1) is 0 Å². The van der Waals surface area contributed by atoms with Gasteiger partial charge in [0.25, 0.3) is 0 Å². The molecule has 0 saturated heterocycles. The topological polar surface area (TPSA) is 79.8 Å². The van der Waals surface area contributed by atoms with Crippen molar-refractivity contribution in [3.63, 3.8) is 0 Å². The van der Waals surface area contributed by atoms with Gasteiger partial charge in [0.1, 0.15) is 0 Å². The Balaban J connectivity index is 1.91. The fourth-order valence-electron chi connectivity index (χ4n) is 2.65. The van der Waals surface area contributed by atoms with Gasteiger partial charge < -0.3 is 5.32 Å². The van der Waals surface area contributed by atoms with Gasteiger partial charge in [0.15, 0.2) is 5.16 Å². The lowest BCUT2D eigenvalue weighted by Crippen LogP contribution is -2.34. The molecule has 1 aliphatic rings. The van der Waals surface area contributed by atoms with E-state index in [-0.39, 0.29) is 0 Å². The molecule has 19 heavy (non-hydrogen) atoms. The van der Waals surface area contributed by atoms with Gasteiger partial charge in [-0.25, -0.2) is 0 Å². The number of nitrogens with one attached hydrogen (secondary N) is 2. The van der Waals surface area contributed by atoms with Crippen LogP contribution < -0.4 is 16.4 Å². The molecule has 2 N–H and O–H groups in total. The first-order valence-electron chi connectivity index (χ1n) is 6.59. The van der Waals surface area contributed by atoms with Gasteiger partial charge in [0.2, 0.25) is 0 Å². The SMILES string of the molecule is CNC1CCCC1CCSc1nc(=O)c(=O)[nH]n1C. The van der Waals surface area contributed by atoms with Crippen LogP contribution in [0.25, 0.3) is 0 Å². The summed E-state index contributed by atoms with van der Waals surface area (Å²) in [5, 5.41) is 6.39. The molecule has 0 aromatic carbocycles. The number of thioether (sulfide) groups is 1. The van der Waals surface area contributed by atoms with Crippen molar-refractivity contribution in [2.75, 3.05) is 12.8 Å². The average molecular weight is 284 g/mol. The van der Waals surface area contributed by atoms with Crippen molar-refractivity contribution in [1.82, 2.24) is 20.1 Å². The molecule has 2 atom stereocenters. The summed E-state index contributed by atoms with van der Waals surface area (Å²) < 4.78 is 1.51. The molecule has 106 valence electrons. The van der Waals surface area contributed by atoms with E-state index in [2.05, 4.69) is 15.4 Å². The summed E-state index contributed by atoms with van der Waals surface area (Å²) in [6.45, 7) is 0. The van der Waals surface area contributed by atoms with E-state index in [1.54, 1.807) is 7.05 Å². The van der Waals surface area contributed by atoms with E-state index in [1.165, 1.54) is 35.7 Å². The first-order chi connectivity index (χ1) is 9.11. The lowest BCUT2D eigenvalue weighted by Gasteiger charge is -2.18. The summed E-state index contributed by atoms with van der Waals surface area (Å²) in [5.74, 6) is 1.62. The fraction of sp³-hybridized carbons (Fsp3) is 0.750. The number of nitrogens with zero attached hydrogens (tertiary/aromatic N) is 2. The Morgan fingerprint density at radius 1 is 1.47 bits per heavy atom. The van der Waals surface area contributed by atoms with Crippen LogP contribution in [0.1, 0.15) is 25.7 Å². The number of H-pyrrole nitrogens is 1. The van der Waals surface area contributed by atoms with Crippen molar-refractivity contribution in [1.29, 1.82) is 0 Å². The van der Waals surface area contributed by atoms with Crippen LogP contribution in [0.2, 0.25) is 0 Å². The normalized spacial score (nSPS) is 22.8. The lowest BCUT2D eigenvalue weighted by molar-refractivity contribution is 0.417. The molecular weight excluding hydrogens is 264 g/mol. The smallest absolute Gasteiger partial charge is 0.317 e. The number of hydrogen-bond acceptors (Lipinski definition) is 5. The Morgan fingerprint density at radius 3 is 3.00 bits per heavy atom. The highest BCUT2D eigenvalue weighted by Gasteiger charge is 2.25. The quantitative estimate of drug-likeness (QED) is 0.602. The van der Waals surface area contributed by atoms with Gasteiger partial charge in [-0.15, -0.1) is 0 Å². The van der Waals surface area contributed by atoms with Gasteiger partial charge in [-0.1, -0.05) is 18.2 Å². The maximum Gasteiger partial charge on any atom is 0.339 e. The molecule has 1 aromatic heterocycles. The fourth-order valence-corrected chi connectivity index (χ4v) is 3.64. The summed E-state index contributed by atoms with van der Waals surface area (Å²) in [6, 6.07) is 0.618. The van der Waals surface area contributed by atoms with Crippen LogP contribution >= 0.6 is 11.8 Å². The Hall–Kier alpha value is -1.08. The second kappa shape index (κ2) is 6.38. The second-order valence-corrected chi connectivity index (χ2v) is 5.98. The predicted molar refractivity (Wildman–Crippen MR) is 75.6 cm³/mol. The number of aromatic amines is 1. The van der Waals surface area contributed by atoms with E-state index in [9.17, 15) is 9.59 Å². The molecule has 0 radical (unpaired) electrons. The van der Waals surface area contributed by atoms with Gasteiger partial charge in [-0.2, -0.15) is 4.98 Å². The van der Waals surface area contributed by atoms with Crippen LogP contribution in [0.3, 0.4) is 0 Å². The summed E-state index contributed by atoms with van der Waals surface area (Å²) in [4.78, 5) is 26.1. The van der Waals surface area contributed by atoms with Crippen molar-refractivity contribution >= 4 is 11.8 Å². The summed E-state index contributed by atoms with van der Waals surface area (Å²) in [6.07, 6.45) is 4.91. The molecule has 2 rings (SSSR count).